The highest BCUT2D eigenvalue weighted by molar-refractivity contribution is 5.99. The van der Waals surface area contributed by atoms with Crippen LogP contribution in [0.15, 0.2) is 28.7 Å². The molecule has 0 bridgehead atoms. The molecule has 0 fully saturated rings. The first kappa shape index (κ1) is 19.8. The minimum absolute atomic E-state index is 0.301. The molecule has 140 valence electrons. The van der Waals surface area contributed by atoms with E-state index >= 15 is 0 Å². The van der Waals surface area contributed by atoms with Crippen molar-refractivity contribution in [1.29, 1.82) is 0 Å². The molecule has 0 aliphatic carbocycles. The summed E-state index contributed by atoms with van der Waals surface area (Å²) < 4.78 is 15.9. The van der Waals surface area contributed by atoms with Crippen LogP contribution >= 0.6 is 0 Å². The van der Waals surface area contributed by atoms with Crippen molar-refractivity contribution in [3.63, 3.8) is 0 Å². The second-order valence-corrected chi connectivity index (χ2v) is 6.08. The number of esters is 2. The third kappa shape index (κ3) is 4.34. The summed E-state index contributed by atoms with van der Waals surface area (Å²) in [5.41, 5.74) is 2.50. The standard InChI is InChI=1S/C21H26O5/c1-5-7-8-9-17-19(18(14(3)26-17)21(23)25-6-2)15-10-12-16(13-11-15)20(22)24-4/h10-13H,5-9H2,1-4H3. The van der Waals surface area contributed by atoms with Gasteiger partial charge in [0.1, 0.15) is 17.1 Å². The highest BCUT2D eigenvalue weighted by Gasteiger charge is 2.25. The van der Waals surface area contributed by atoms with E-state index in [0.29, 0.717) is 23.5 Å². The topological polar surface area (TPSA) is 65.7 Å². The van der Waals surface area contributed by atoms with Crippen molar-refractivity contribution in [2.45, 2.75) is 46.5 Å². The Bertz CT molecular complexity index is 755. The maximum Gasteiger partial charge on any atom is 0.342 e. The summed E-state index contributed by atoms with van der Waals surface area (Å²) in [6.45, 7) is 6.00. The van der Waals surface area contributed by atoms with Crippen LogP contribution in [0.1, 0.15) is 65.3 Å². The minimum atomic E-state index is -0.395. The summed E-state index contributed by atoms with van der Waals surface area (Å²) in [5, 5.41) is 0. The first-order valence-corrected chi connectivity index (χ1v) is 9.01. The highest BCUT2D eigenvalue weighted by atomic mass is 16.5. The fourth-order valence-corrected chi connectivity index (χ4v) is 2.96. The number of aryl methyl sites for hydroxylation is 2. The van der Waals surface area contributed by atoms with Gasteiger partial charge < -0.3 is 13.9 Å². The van der Waals surface area contributed by atoms with Gasteiger partial charge in [-0.2, -0.15) is 0 Å². The number of rotatable bonds is 8. The SMILES string of the molecule is CCCCCc1oc(C)c(C(=O)OCC)c1-c1ccc(C(=O)OC)cc1. The van der Waals surface area contributed by atoms with Gasteiger partial charge >= 0.3 is 11.9 Å². The van der Waals surface area contributed by atoms with Gasteiger partial charge in [-0.3, -0.25) is 0 Å². The van der Waals surface area contributed by atoms with Crippen LogP contribution in [0.5, 0.6) is 0 Å². The quantitative estimate of drug-likeness (QED) is 0.493. The number of ether oxygens (including phenoxy) is 2. The Kier molecular flexibility index (Phi) is 7.01. The van der Waals surface area contributed by atoms with Crippen LogP contribution in [0.2, 0.25) is 0 Å². The van der Waals surface area contributed by atoms with E-state index in [-0.39, 0.29) is 5.97 Å². The molecule has 0 aliphatic rings. The summed E-state index contributed by atoms with van der Waals surface area (Å²) >= 11 is 0. The average molecular weight is 358 g/mol. The van der Waals surface area contributed by atoms with Crippen LogP contribution < -0.4 is 0 Å². The van der Waals surface area contributed by atoms with Gasteiger partial charge in [-0.15, -0.1) is 0 Å². The molecule has 1 heterocycles. The molecule has 1 aromatic heterocycles. The lowest BCUT2D eigenvalue weighted by molar-refractivity contribution is 0.0524. The second-order valence-electron chi connectivity index (χ2n) is 6.08. The number of hydrogen-bond acceptors (Lipinski definition) is 5. The van der Waals surface area contributed by atoms with Crippen molar-refractivity contribution in [1.82, 2.24) is 0 Å². The van der Waals surface area contributed by atoms with E-state index in [1.807, 2.05) is 12.1 Å². The van der Waals surface area contributed by atoms with Crippen molar-refractivity contribution < 1.29 is 23.5 Å². The van der Waals surface area contributed by atoms with E-state index in [1.54, 1.807) is 26.0 Å². The number of benzene rings is 1. The molecular formula is C21H26O5. The van der Waals surface area contributed by atoms with Gasteiger partial charge in [-0.05, 0) is 38.0 Å². The highest BCUT2D eigenvalue weighted by Crippen LogP contribution is 2.34. The number of hydrogen-bond donors (Lipinski definition) is 0. The molecule has 5 nitrogen and oxygen atoms in total. The van der Waals surface area contributed by atoms with Crippen molar-refractivity contribution >= 4 is 11.9 Å². The van der Waals surface area contributed by atoms with E-state index < -0.39 is 5.97 Å². The van der Waals surface area contributed by atoms with Gasteiger partial charge in [-0.1, -0.05) is 31.9 Å². The Hall–Kier alpha value is -2.56. The van der Waals surface area contributed by atoms with Gasteiger partial charge in [0.15, 0.2) is 0 Å². The molecule has 1 aromatic carbocycles. The Morgan fingerprint density at radius 1 is 1.04 bits per heavy atom. The Labute approximate surface area is 154 Å². The lowest BCUT2D eigenvalue weighted by Gasteiger charge is -2.08. The van der Waals surface area contributed by atoms with Crippen LogP contribution in [0.25, 0.3) is 11.1 Å². The predicted molar refractivity (Wildman–Crippen MR) is 99.4 cm³/mol. The monoisotopic (exact) mass is 358 g/mol. The number of furan rings is 1. The molecule has 0 atom stereocenters. The summed E-state index contributed by atoms with van der Waals surface area (Å²) in [5.74, 6) is 0.558. The molecule has 5 heteroatoms. The molecule has 0 aliphatic heterocycles. The molecule has 2 aromatic rings. The first-order chi connectivity index (χ1) is 12.5. The molecule has 0 saturated heterocycles. The molecule has 26 heavy (non-hydrogen) atoms. The largest absolute Gasteiger partial charge is 0.465 e. The van der Waals surface area contributed by atoms with Gasteiger partial charge in [0.05, 0.1) is 19.3 Å². The number of methoxy groups -OCH3 is 1. The van der Waals surface area contributed by atoms with Crippen molar-refractivity contribution in [3.8, 4) is 11.1 Å². The summed E-state index contributed by atoms with van der Waals surface area (Å²) in [6.07, 6.45) is 3.93. The Morgan fingerprint density at radius 3 is 2.31 bits per heavy atom. The zero-order valence-corrected chi connectivity index (χ0v) is 15.9. The maximum absolute atomic E-state index is 12.5. The Morgan fingerprint density at radius 2 is 1.73 bits per heavy atom. The summed E-state index contributed by atoms with van der Waals surface area (Å²) in [6, 6.07) is 6.99. The zero-order valence-electron chi connectivity index (χ0n) is 15.9. The van der Waals surface area contributed by atoms with Crippen LogP contribution in [0, 0.1) is 6.92 Å². The van der Waals surface area contributed by atoms with Crippen molar-refractivity contribution in [2.24, 2.45) is 0 Å². The van der Waals surface area contributed by atoms with Crippen LogP contribution in [-0.4, -0.2) is 25.7 Å². The predicted octanol–water partition coefficient (Wildman–Crippen LogP) is 4.95. The number of carbonyl (C=O) groups excluding carboxylic acids is 2. The van der Waals surface area contributed by atoms with E-state index in [0.717, 1.165) is 42.6 Å². The van der Waals surface area contributed by atoms with Gasteiger partial charge in [-0.25, -0.2) is 9.59 Å². The van der Waals surface area contributed by atoms with E-state index in [9.17, 15) is 9.59 Å². The molecular weight excluding hydrogens is 332 g/mol. The third-order valence-corrected chi connectivity index (χ3v) is 4.24. The minimum Gasteiger partial charge on any atom is -0.465 e. The lowest BCUT2D eigenvalue weighted by Crippen LogP contribution is -2.07. The smallest absolute Gasteiger partial charge is 0.342 e. The number of carbonyl (C=O) groups is 2. The van der Waals surface area contributed by atoms with E-state index in [1.165, 1.54) is 7.11 Å². The molecule has 0 radical (unpaired) electrons. The van der Waals surface area contributed by atoms with E-state index in [2.05, 4.69) is 6.92 Å². The van der Waals surface area contributed by atoms with Crippen molar-refractivity contribution in [3.05, 3.63) is 46.9 Å². The van der Waals surface area contributed by atoms with Crippen LogP contribution in [0.4, 0.5) is 0 Å². The van der Waals surface area contributed by atoms with Crippen LogP contribution in [0.3, 0.4) is 0 Å². The molecule has 0 unspecified atom stereocenters. The fourth-order valence-electron chi connectivity index (χ4n) is 2.96. The average Bonchev–Trinajstić information content (AvgIpc) is 2.98. The molecule has 0 spiro atoms. The van der Waals surface area contributed by atoms with Crippen LogP contribution in [-0.2, 0) is 15.9 Å². The normalized spacial score (nSPS) is 10.6. The summed E-state index contributed by atoms with van der Waals surface area (Å²) in [4.78, 5) is 24.1. The molecule has 0 N–H and O–H groups in total. The molecule has 2 rings (SSSR count). The number of unbranched alkanes of at least 4 members (excludes halogenated alkanes) is 2. The van der Waals surface area contributed by atoms with E-state index in [4.69, 9.17) is 13.9 Å². The zero-order chi connectivity index (χ0) is 19.1. The molecule has 0 saturated carbocycles. The van der Waals surface area contributed by atoms with Crippen molar-refractivity contribution in [2.75, 3.05) is 13.7 Å². The van der Waals surface area contributed by atoms with Gasteiger partial charge in [0, 0.05) is 12.0 Å². The van der Waals surface area contributed by atoms with Gasteiger partial charge in [0.25, 0.3) is 0 Å². The fraction of sp³-hybridized carbons (Fsp3) is 0.429. The molecule has 0 amide bonds. The maximum atomic E-state index is 12.5. The lowest BCUT2D eigenvalue weighted by atomic mass is 9.97. The first-order valence-electron chi connectivity index (χ1n) is 9.01. The summed E-state index contributed by atoms with van der Waals surface area (Å²) in [7, 11) is 1.35. The van der Waals surface area contributed by atoms with Gasteiger partial charge in [0.2, 0.25) is 0 Å². The second kappa shape index (κ2) is 9.22. The third-order valence-electron chi connectivity index (χ3n) is 4.24. The Balaban J connectivity index is 2.48.